The fraction of sp³-hybridized carbons (Fsp3) is 0.500. The van der Waals surface area contributed by atoms with Crippen molar-refractivity contribution in [2.75, 3.05) is 12.4 Å². The summed E-state index contributed by atoms with van der Waals surface area (Å²) in [6, 6.07) is 7.98. The lowest BCUT2D eigenvalue weighted by Gasteiger charge is -2.22. The summed E-state index contributed by atoms with van der Waals surface area (Å²) in [6.45, 7) is 6.50. The predicted octanol–water partition coefficient (Wildman–Crippen LogP) is 3.41. The van der Waals surface area contributed by atoms with E-state index < -0.39 is 0 Å². The third kappa shape index (κ3) is 3.39. The van der Waals surface area contributed by atoms with Gasteiger partial charge in [-0.1, -0.05) is 20.3 Å². The minimum absolute atomic E-state index is 0.333. The average Bonchev–Trinajstić information content (AvgIpc) is 2.37. The first-order chi connectivity index (χ1) is 8.12. The largest absolute Gasteiger partial charge is 0.497 e. The van der Waals surface area contributed by atoms with Crippen LogP contribution in [-0.2, 0) is 0 Å². The third-order valence-corrected chi connectivity index (χ3v) is 3.23. The highest BCUT2D eigenvalue weighted by Gasteiger charge is 2.12. The van der Waals surface area contributed by atoms with Gasteiger partial charge in [0.05, 0.1) is 18.4 Å². The molecule has 2 atom stereocenters. The zero-order valence-electron chi connectivity index (χ0n) is 10.9. The van der Waals surface area contributed by atoms with Crippen molar-refractivity contribution in [1.82, 2.24) is 0 Å². The summed E-state index contributed by atoms with van der Waals surface area (Å²) >= 11 is 0. The Hall–Kier alpha value is -1.69. The summed E-state index contributed by atoms with van der Waals surface area (Å²) in [4.78, 5) is 0. The molecule has 0 bridgehead atoms. The van der Waals surface area contributed by atoms with Gasteiger partial charge in [-0.2, -0.15) is 5.26 Å². The highest BCUT2D eigenvalue weighted by atomic mass is 16.5. The van der Waals surface area contributed by atoms with Gasteiger partial charge in [0, 0.05) is 12.1 Å². The van der Waals surface area contributed by atoms with Gasteiger partial charge in [-0.3, -0.25) is 0 Å². The van der Waals surface area contributed by atoms with Crippen LogP contribution < -0.4 is 10.1 Å². The summed E-state index contributed by atoms with van der Waals surface area (Å²) in [6.07, 6.45) is 1.11. The molecule has 1 aromatic rings. The maximum Gasteiger partial charge on any atom is 0.121 e. The SMILES string of the molecule is CCC(C)C(C)Nc1cc(OC)ccc1C#N. The number of benzene rings is 1. The lowest BCUT2D eigenvalue weighted by atomic mass is 10.00. The van der Waals surface area contributed by atoms with E-state index in [1.807, 2.05) is 6.07 Å². The molecule has 0 aliphatic heterocycles. The Kier molecular flexibility index (Phi) is 4.84. The van der Waals surface area contributed by atoms with Crippen molar-refractivity contribution in [2.45, 2.75) is 33.2 Å². The Balaban J connectivity index is 2.92. The van der Waals surface area contributed by atoms with Crippen LogP contribution >= 0.6 is 0 Å². The smallest absolute Gasteiger partial charge is 0.121 e. The van der Waals surface area contributed by atoms with Crippen LogP contribution in [0.15, 0.2) is 18.2 Å². The van der Waals surface area contributed by atoms with E-state index in [9.17, 15) is 0 Å². The first-order valence-corrected chi connectivity index (χ1v) is 5.97. The second-order valence-electron chi connectivity index (χ2n) is 4.34. The molecule has 1 aromatic carbocycles. The van der Waals surface area contributed by atoms with Gasteiger partial charge in [0.15, 0.2) is 0 Å². The lowest BCUT2D eigenvalue weighted by molar-refractivity contribution is 0.414. The summed E-state index contributed by atoms with van der Waals surface area (Å²) in [7, 11) is 1.63. The Bertz CT molecular complexity index is 409. The Morgan fingerprint density at radius 3 is 2.65 bits per heavy atom. The first-order valence-electron chi connectivity index (χ1n) is 5.97. The van der Waals surface area contributed by atoms with Crippen molar-refractivity contribution in [3.63, 3.8) is 0 Å². The quantitative estimate of drug-likeness (QED) is 0.846. The minimum Gasteiger partial charge on any atom is -0.497 e. The van der Waals surface area contributed by atoms with Crippen molar-refractivity contribution in [2.24, 2.45) is 5.92 Å². The van der Waals surface area contributed by atoms with Gasteiger partial charge in [0.1, 0.15) is 11.8 Å². The number of nitriles is 1. The van der Waals surface area contributed by atoms with Crippen molar-refractivity contribution in [3.8, 4) is 11.8 Å². The predicted molar refractivity (Wildman–Crippen MR) is 70.2 cm³/mol. The molecule has 0 aliphatic rings. The van der Waals surface area contributed by atoms with Crippen LogP contribution in [0.5, 0.6) is 5.75 Å². The molecule has 0 fully saturated rings. The highest BCUT2D eigenvalue weighted by Crippen LogP contribution is 2.24. The minimum atomic E-state index is 0.333. The highest BCUT2D eigenvalue weighted by molar-refractivity contribution is 5.60. The van der Waals surface area contributed by atoms with E-state index in [1.54, 1.807) is 19.2 Å². The zero-order chi connectivity index (χ0) is 12.8. The van der Waals surface area contributed by atoms with Crippen LogP contribution in [0.1, 0.15) is 32.8 Å². The van der Waals surface area contributed by atoms with Crippen LogP contribution in [0.2, 0.25) is 0 Å². The maximum absolute atomic E-state index is 9.06. The van der Waals surface area contributed by atoms with Crippen molar-refractivity contribution >= 4 is 5.69 Å². The fourth-order valence-electron chi connectivity index (χ4n) is 1.61. The fourth-order valence-corrected chi connectivity index (χ4v) is 1.61. The van der Waals surface area contributed by atoms with E-state index in [2.05, 4.69) is 32.2 Å². The van der Waals surface area contributed by atoms with E-state index >= 15 is 0 Å². The number of hydrogen-bond acceptors (Lipinski definition) is 3. The molecule has 0 aliphatic carbocycles. The van der Waals surface area contributed by atoms with Gasteiger partial charge < -0.3 is 10.1 Å². The molecule has 1 N–H and O–H groups in total. The summed E-state index contributed by atoms with van der Waals surface area (Å²) in [5, 5.41) is 12.4. The van der Waals surface area contributed by atoms with Gasteiger partial charge in [0.25, 0.3) is 0 Å². The number of nitrogens with zero attached hydrogens (tertiary/aromatic N) is 1. The summed E-state index contributed by atoms with van der Waals surface area (Å²) in [5.41, 5.74) is 1.50. The average molecular weight is 232 g/mol. The third-order valence-electron chi connectivity index (χ3n) is 3.23. The standard InChI is InChI=1S/C14H20N2O/c1-5-10(2)11(3)16-14-8-13(17-4)7-6-12(14)9-15/h6-8,10-11,16H,5H2,1-4H3. The van der Waals surface area contributed by atoms with Crippen molar-refractivity contribution in [1.29, 1.82) is 5.26 Å². The molecule has 3 nitrogen and oxygen atoms in total. The van der Waals surface area contributed by atoms with Gasteiger partial charge >= 0.3 is 0 Å². The number of ether oxygens (including phenoxy) is 1. The normalized spacial score (nSPS) is 13.6. The summed E-state index contributed by atoms with van der Waals surface area (Å²) in [5.74, 6) is 1.33. The Labute approximate surface area is 103 Å². The van der Waals surface area contributed by atoms with Crippen LogP contribution in [0.25, 0.3) is 0 Å². The molecule has 0 saturated carbocycles. The van der Waals surface area contributed by atoms with Crippen LogP contribution in [-0.4, -0.2) is 13.2 Å². The van der Waals surface area contributed by atoms with E-state index in [4.69, 9.17) is 10.00 Å². The lowest BCUT2D eigenvalue weighted by Crippen LogP contribution is -2.23. The molecule has 92 valence electrons. The zero-order valence-corrected chi connectivity index (χ0v) is 10.9. The topological polar surface area (TPSA) is 45.0 Å². The molecule has 0 amide bonds. The molecule has 0 aromatic heterocycles. The van der Waals surface area contributed by atoms with Gasteiger partial charge in [-0.05, 0) is 25.0 Å². The molecule has 1 rings (SSSR count). The van der Waals surface area contributed by atoms with Gasteiger partial charge in [-0.15, -0.1) is 0 Å². The van der Waals surface area contributed by atoms with E-state index in [0.717, 1.165) is 17.9 Å². The molecule has 0 spiro atoms. The Morgan fingerprint density at radius 2 is 2.12 bits per heavy atom. The van der Waals surface area contributed by atoms with Crippen LogP contribution in [0.4, 0.5) is 5.69 Å². The molecule has 0 radical (unpaired) electrons. The maximum atomic E-state index is 9.06. The van der Waals surface area contributed by atoms with E-state index in [1.165, 1.54) is 0 Å². The molecule has 0 saturated heterocycles. The molecular formula is C14H20N2O. The number of methoxy groups -OCH3 is 1. The molecule has 2 unspecified atom stereocenters. The van der Waals surface area contributed by atoms with Crippen LogP contribution in [0, 0.1) is 17.2 Å². The molecule has 0 heterocycles. The van der Waals surface area contributed by atoms with Crippen molar-refractivity contribution < 1.29 is 4.74 Å². The number of anilines is 1. The number of hydrogen-bond donors (Lipinski definition) is 1. The first kappa shape index (κ1) is 13.4. The Morgan fingerprint density at radius 1 is 1.41 bits per heavy atom. The van der Waals surface area contributed by atoms with E-state index in [0.29, 0.717) is 17.5 Å². The van der Waals surface area contributed by atoms with Gasteiger partial charge in [-0.25, -0.2) is 0 Å². The number of nitrogens with one attached hydrogen (secondary N) is 1. The molecule has 3 heteroatoms. The van der Waals surface area contributed by atoms with Crippen LogP contribution in [0.3, 0.4) is 0 Å². The second-order valence-corrected chi connectivity index (χ2v) is 4.34. The van der Waals surface area contributed by atoms with Crippen molar-refractivity contribution in [3.05, 3.63) is 23.8 Å². The second kappa shape index (κ2) is 6.15. The molecular weight excluding hydrogens is 212 g/mol. The number of rotatable bonds is 5. The van der Waals surface area contributed by atoms with Gasteiger partial charge in [0.2, 0.25) is 0 Å². The monoisotopic (exact) mass is 232 g/mol. The summed E-state index contributed by atoms with van der Waals surface area (Å²) < 4.78 is 5.17. The van der Waals surface area contributed by atoms with E-state index in [-0.39, 0.29) is 0 Å². The molecule has 17 heavy (non-hydrogen) atoms.